The van der Waals surface area contributed by atoms with Crippen molar-refractivity contribution in [3.63, 3.8) is 0 Å². The molecule has 1 unspecified atom stereocenters. The van der Waals surface area contributed by atoms with E-state index >= 15 is 0 Å². The van der Waals surface area contributed by atoms with Crippen molar-refractivity contribution in [3.05, 3.63) is 0 Å². The van der Waals surface area contributed by atoms with Crippen molar-refractivity contribution in [1.29, 1.82) is 0 Å². The normalized spacial score (nSPS) is 19.9. The lowest BCUT2D eigenvalue weighted by Crippen LogP contribution is -2.37. The summed E-state index contributed by atoms with van der Waals surface area (Å²) in [5.74, 6) is -0.176. The third-order valence-corrected chi connectivity index (χ3v) is 2.92. The van der Waals surface area contributed by atoms with E-state index in [4.69, 9.17) is 12.2 Å². The van der Waals surface area contributed by atoms with Gasteiger partial charge in [0.2, 0.25) is 11.8 Å². The summed E-state index contributed by atoms with van der Waals surface area (Å²) in [6.07, 6.45) is 1.99. The summed E-state index contributed by atoms with van der Waals surface area (Å²) in [7, 11) is 1.70. The fourth-order valence-electron chi connectivity index (χ4n) is 1.80. The van der Waals surface area contributed by atoms with Crippen molar-refractivity contribution in [3.8, 4) is 0 Å². The van der Waals surface area contributed by atoms with Crippen molar-refractivity contribution < 1.29 is 9.59 Å². The number of carbonyl (C=O) groups is 2. The summed E-state index contributed by atoms with van der Waals surface area (Å²) in [6.45, 7) is 3.13. The van der Waals surface area contributed by atoms with Crippen molar-refractivity contribution in [2.24, 2.45) is 0 Å². The van der Waals surface area contributed by atoms with Crippen molar-refractivity contribution in [2.75, 3.05) is 20.1 Å². The molecule has 0 saturated carbocycles. The maximum Gasteiger partial charge on any atom is 0.246 e. The lowest BCUT2D eigenvalue weighted by Gasteiger charge is -2.14. The predicted molar refractivity (Wildman–Crippen MR) is 69.7 cm³/mol. The summed E-state index contributed by atoms with van der Waals surface area (Å²) >= 11 is 4.88. The molecular weight excluding hydrogens is 238 g/mol. The van der Waals surface area contributed by atoms with Crippen molar-refractivity contribution in [2.45, 2.75) is 32.2 Å². The summed E-state index contributed by atoms with van der Waals surface area (Å²) in [4.78, 5) is 25.4. The molecule has 0 spiro atoms. The number of hydrogen-bond donors (Lipinski definition) is 2. The fourth-order valence-corrected chi connectivity index (χ4v) is 1.90. The number of amides is 2. The Hall–Kier alpha value is -1.01. The van der Waals surface area contributed by atoms with Gasteiger partial charge in [0.15, 0.2) is 0 Å². The zero-order valence-electron chi connectivity index (χ0n) is 10.3. The molecule has 2 N–H and O–H groups in total. The molecule has 1 aliphatic heterocycles. The second-order valence-electron chi connectivity index (χ2n) is 4.12. The van der Waals surface area contributed by atoms with Gasteiger partial charge >= 0.3 is 0 Å². The molecule has 96 valence electrons. The fraction of sp³-hybridized carbons (Fsp3) is 0.727. The molecule has 0 aromatic heterocycles. The van der Waals surface area contributed by atoms with Crippen LogP contribution in [-0.4, -0.2) is 47.9 Å². The van der Waals surface area contributed by atoms with E-state index in [0.29, 0.717) is 6.54 Å². The second-order valence-corrected chi connectivity index (χ2v) is 4.73. The quantitative estimate of drug-likeness (QED) is 0.400. The lowest BCUT2D eigenvalue weighted by atomic mass is 10.2. The zero-order chi connectivity index (χ0) is 12.8. The molecule has 1 rings (SSSR count). The number of nitrogens with one attached hydrogen (secondary N) is 2. The van der Waals surface area contributed by atoms with Crippen LogP contribution in [0.5, 0.6) is 0 Å². The standard InChI is InChI=1S/C11H19N3O2S/c1-8(17)13-5-3-4-6-14-10(15)7-9(12-2)11(14)16/h9,12H,3-7H2,1-2H3,(H,13,17). The smallest absolute Gasteiger partial charge is 0.246 e. The van der Waals surface area contributed by atoms with Crippen LogP contribution in [0.15, 0.2) is 0 Å². The van der Waals surface area contributed by atoms with E-state index in [1.807, 2.05) is 6.92 Å². The Kier molecular flexibility index (Phi) is 5.50. The number of hydrogen-bond acceptors (Lipinski definition) is 4. The van der Waals surface area contributed by atoms with Crippen molar-refractivity contribution >= 4 is 29.0 Å². The molecule has 0 aliphatic carbocycles. The average Bonchev–Trinajstić information content (AvgIpc) is 2.54. The van der Waals surface area contributed by atoms with Gasteiger partial charge in [0.25, 0.3) is 0 Å². The van der Waals surface area contributed by atoms with E-state index in [-0.39, 0.29) is 24.3 Å². The largest absolute Gasteiger partial charge is 0.380 e. The van der Waals surface area contributed by atoms with Gasteiger partial charge in [-0.2, -0.15) is 0 Å². The molecular formula is C11H19N3O2S. The first-order chi connectivity index (χ1) is 8.06. The minimum atomic E-state index is -0.330. The number of thiocarbonyl (C=S) groups is 1. The van der Waals surface area contributed by atoms with E-state index in [0.717, 1.165) is 24.4 Å². The number of unbranched alkanes of at least 4 members (excludes halogenated alkanes) is 1. The van der Waals surface area contributed by atoms with Gasteiger partial charge in [-0.1, -0.05) is 12.2 Å². The van der Waals surface area contributed by atoms with E-state index in [1.165, 1.54) is 4.90 Å². The molecule has 5 nitrogen and oxygen atoms in total. The SMILES string of the molecule is CNC1CC(=O)N(CCCCNC(C)=S)C1=O. The molecule has 0 bridgehead atoms. The predicted octanol–water partition coefficient (Wildman–Crippen LogP) is 0.0504. The molecule has 1 fully saturated rings. The van der Waals surface area contributed by atoms with Crippen molar-refractivity contribution in [1.82, 2.24) is 15.5 Å². The summed E-state index contributed by atoms with van der Waals surface area (Å²) in [6, 6.07) is -0.330. The molecule has 1 aliphatic rings. The topological polar surface area (TPSA) is 61.4 Å². The van der Waals surface area contributed by atoms with Gasteiger partial charge in [0, 0.05) is 13.1 Å². The highest BCUT2D eigenvalue weighted by molar-refractivity contribution is 7.80. The van der Waals surface area contributed by atoms with Crippen LogP contribution in [0.3, 0.4) is 0 Å². The van der Waals surface area contributed by atoms with Crippen LogP contribution in [0.1, 0.15) is 26.2 Å². The highest BCUT2D eigenvalue weighted by atomic mass is 32.1. The summed E-state index contributed by atoms with van der Waals surface area (Å²) < 4.78 is 0. The molecule has 1 heterocycles. The van der Waals surface area contributed by atoms with Gasteiger partial charge in [-0.05, 0) is 26.8 Å². The minimum absolute atomic E-state index is 0.0756. The number of carbonyl (C=O) groups excluding carboxylic acids is 2. The Labute approximate surface area is 107 Å². The minimum Gasteiger partial charge on any atom is -0.380 e. The van der Waals surface area contributed by atoms with E-state index < -0.39 is 0 Å². The van der Waals surface area contributed by atoms with Crippen LogP contribution in [0.4, 0.5) is 0 Å². The average molecular weight is 257 g/mol. The Balaban J connectivity index is 2.25. The van der Waals surface area contributed by atoms with Crippen LogP contribution < -0.4 is 10.6 Å². The summed E-state index contributed by atoms with van der Waals surface area (Å²) in [5.41, 5.74) is 0. The maximum absolute atomic E-state index is 11.7. The molecule has 0 radical (unpaired) electrons. The molecule has 17 heavy (non-hydrogen) atoms. The summed E-state index contributed by atoms with van der Waals surface area (Å²) in [5, 5.41) is 5.89. The molecule has 0 aromatic carbocycles. The monoisotopic (exact) mass is 257 g/mol. The Morgan fingerprint density at radius 3 is 2.71 bits per heavy atom. The number of imide groups is 1. The van der Waals surface area contributed by atoms with Crippen LogP contribution in [0.2, 0.25) is 0 Å². The number of likely N-dealkylation sites (N-methyl/N-ethyl adjacent to an activating group) is 1. The first-order valence-corrected chi connectivity index (χ1v) is 6.23. The Morgan fingerprint density at radius 2 is 2.18 bits per heavy atom. The molecule has 0 aromatic rings. The Bertz CT molecular complexity index is 320. The molecule has 2 amide bonds. The van der Waals surface area contributed by atoms with Gasteiger partial charge < -0.3 is 10.6 Å². The van der Waals surface area contributed by atoms with Gasteiger partial charge in [0.05, 0.1) is 17.5 Å². The van der Waals surface area contributed by atoms with Gasteiger partial charge in [-0.3, -0.25) is 14.5 Å². The van der Waals surface area contributed by atoms with E-state index in [1.54, 1.807) is 7.05 Å². The first-order valence-electron chi connectivity index (χ1n) is 5.82. The van der Waals surface area contributed by atoms with Crippen LogP contribution in [0, 0.1) is 0 Å². The number of nitrogens with zero attached hydrogens (tertiary/aromatic N) is 1. The third kappa shape index (κ3) is 4.05. The van der Waals surface area contributed by atoms with Crippen LogP contribution in [-0.2, 0) is 9.59 Å². The van der Waals surface area contributed by atoms with E-state index in [9.17, 15) is 9.59 Å². The van der Waals surface area contributed by atoms with Crippen LogP contribution >= 0.6 is 12.2 Å². The van der Waals surface area contributed by atoms with Gasteiger partial charge in [0.1, 0.15) is 0 Å². The van der Waals surface area contributed by atoms with Gasteiger partial charge in [-0.25, -0.2) is 0 Å². The van der Waals surface area contributed by atoms with Gasteiger partial charge in [-0.15, -0.1) is 0 Å². The maximum atomic E-state index is 11.7. The second kappa shape index (κ2) is 6.66. The zero-order valence-corrected chi connectivity index (χ0v) is 11.1. The number of rotatable bonds is 6. The molecule has 1 saturated heterocycles. The molecule has 6 heteroatoms. The highest BCUT2D eigenvalue weighted by Crippen LogP contribution is 2.13. The first kappa shape index (κ1) is 14.1. The highest BCUT2D eigenvalue weighted by Gasteiger charge is 2.36. The molecule has 1 atom stereocenters. The van der Waals surface area contributed by atoms with E-state index in [2.05, 4.69) is 10.6 Å². The number of likely N-dealkylation sites (tertiary alicyclic amines) is 1. The third-order valence-electron chi connectivity index (χ3n) is 2.77. The van der Waals surface area contributed by atoms with Crippen LogP contribution in [0.25, 0.3) is 0 Å². The Morgan fingerprint density at radius 1 is 1.47 bits per heavy atom. The lowest BCUT2D eigenvalue weighted by molar-refractivity contribution is -0.138.